The van der Waals surface area contributed by atoms with Gasteiger partial charge in [0.05, 0.1) is 6.10 Å². The summed E-state index contributed by atoms with van der Waals surface area (Å²) < 4.78 is 6.29. The fourth-order valence-corrected chi connectivity index (χ4v) is 2.46. The number of carbonyl (C=O) groups is 1. The van der Waals surface area contributed by atoms with E-state index in [0.29, 0.717) is 13.0 Å². The molecule has 2 atom stereocenters. The Balaban J connectivity index is 2.28. The molecule has 0 bridgehead atoms. The molecule has 1 saturated heterocycles. The van der Waals surface area contributed by atoms with Crippen molar-refractivity contribution in [2.75, 3.05) is 11.9 Å². The first kappa shape index (κ1) is 12.4. The van der Waals surface area contributed by atoms with Gasteiger partial charge in [0.25, 0.3) is 0 Å². The third-order valence-corrected chi connectivity index (χ3v) is 3.63. The van der Waals surface area contributed by atoms with Crippen molar-refractivity contribution in [1.82, 2.24) is 0 Å². The van der Waals surface area contributed by atoms with E-state index in [0.717, 1.165) is 10.2 Å². The standard InChI is InChI=1S/C12H14BrNO3/c1-8-12(11(15)16,5-6-17-8)14-10-4-2-3-9(13)7-10/h2-4,7-8,14H,5-6H2,1H3,(H,15,16). The van der Waals surface area contributed by atoms with Crippen LogP contribution in [0.1, 0.15) is 13.3 Å². The number of benzene rings is 1. The van der Waals surface area contributed by atoms with E-state index in [-0.39, 0.29) is 6.10 Å². The molecule has 2 unspecified atom stereocenters. The highest BCUT2D eigenvalue weighted by Crippen LogP contribution is 2.31. The van der Waals surface area contributed by atoms with Crippen molar-refractivity contribution >= 4 is 27.6 Å². The number of carboxylic acid groups (broad SMARTS) is 1. The molecule has 0 amide bonds. The van der Waals surface area contributed by atoms with Crippen molar-refractivity contribution in [3.8, 4) is 0 Å². The molecular weight excluding hydrogens is 286 g/mol. The van der Waals surface area contributed by atoms with Crippen LogP contribution in [0.4, 0.5) is 5.69 Å². The van der Waals surface area contributed by atoms with Crippen LogP contribution in [0.15, 0.2) is 28.7 Å². The molecule has 0 radical (unpaired) electrons. The Hall–Kier alpha value is -1.07. The Morgan fingerprint density at radius 3 is 2.94 bits per heavy atom. The molecule has 0 aliphatic carbocycles. The van der Waals surface area contributed by atoms with E-state index in [1.54, 1.807) is 6.92 Å². The lowest BCUT2D eigenvalue weighted by Crippen LogP contribution is -2.51. The Kier molecular flexibility index (Phi) is 3.40. The molecule has 1 aromatic rings. The summed E-state index contributed by atoms with van der Waals surface area (Å²) >= 11 is 3.36. The van der Waals surface area contributed by atoms with Crippen LogP contribution in [-0.2, 0) is 9.53 Å². The first-order valence-corrected chi connectivity index (χ1v) is 6.23. The summed E-state index contributed by atoms with van der Waals surface area (Å²) in [6.07, 6.45) is 0.120. The van der Waals surface area contributed by atoms with Gasteiger partial charge in [-0.05, 0) is 25.1 Å². The van der Waals surface area contributed by atoms with E-state index >= 15 is 0 Å². The summed E-state index contributed by atoms with van der Waals surface area (Å²) in [5, 5.41) is 12.5. The largest absolute Gasteiger partial charge is 0.479 e. The lowest BCUT2D eigenvalue weighted by molar-refractivity contribution is -0.143. The van der Waals surface area contributed by atoms with Crippen molar-refractivity contribution in [1.29, 1.82) is 0 Å². The van der Waals surface area contributed by atoms with Crippen molar-refractivity contribution in [2.24, 2.45) is 0 Å². The molecule has 4 nitrogen and oxygen atoms in total. The summed E-state index contributed by atoms with van der Waals surface area (Å²) in [7, 11) is 0. The Morgan fingerprint density at radius 2 is 2.41 bits per heavy atom. The summed E-state index contributed by atoms with van der Waals surface area (Å²) in [5.74, 6) is -0.873. The number of carboxylic acids is 1. The van der Waals surface area contributed by atoms with Gasteiger partial charge < -0.3 is 15.2 Å². The minimum absolute atomic E-state index is 0.348. The van der Waals surface area contributed by atoms with Gasteiger partial charge in [0.2, 0.25) is 0 Å². The van der Waals surface area contributed by atoms with Gasteiger partial charge in [-0.3, -0.25) is 0 Å². The van der Waals surface area contributed by atoms with E-state index in [2.05, 4.69) is 21.2 Å². The summed E-state index contributed by atoms with van der Waals surface area (Å²) in [5.41, 5.74) is -0.250. The highest BCUT2D eigenvalue weighted by Gasteiger charge is 2.48. The zero-order chi connectivity index (χ0) is 12.5. The first-order chi connectivity index (χ1) is 8.04. The molecule has 2 rings (SSSR count). The molecule has 1 aromatic carbocycles. The molecule has 0 saturated carbocycles. The predicted octanol–water partition coefficient (Wildman–Crippen LogP) is 2.49. The highest BCUT2D eigenvalue weighted by atomic mass is 79.9. The molecule has 0 spiro atoms. The fourth-order valence-electron chi connectivity index (χ4n) is 2.06. The van der Waals surface area contributed by atoms with E-state index in [4.69, 9.17) is 4.74 Å². The maximum absolute atomic E-state index is 11.5. The van der Waals surface area contributed by atoms with Gasteiger partial charge >= 0.3 is 5.97 Å². The first-order valence-electron chi connectivity index (χ1n) is 5.43. The average molecular weight is 300 g/mol. The lowest BCUT2D eigenvalue weighted by atomic mass is 9.91. The highest BCUT2D eigenvalue weighted by molar-refractivity contribution is 9.10. The zero-order valence-corrected chi connectivity index (χ0v) is 11.0. The molecule has 17 heavy (non-hydrogen) atoms. The Labute approximate surface area is 108 Å². The van der Waals surface area contributed by atoms with Gasteiger partial charge in [0, 0.05) is 23.2 Å². The molecule has 2 N–H and O–H groups in total. The van der Waals surface area contributed by atoms with Gasteiger partial charge in [-0.15, -0.1) is 0 Å². The number of hydrogen-bond donors (Lipinski definition) is 2. The van der Waals surface area contributed by atoms with Gasteiger partial charge in [-0.25, -0.2) is 4.79 Å². The molecule has 1 aliphatic heterocycles. The third kappa shape index (κ3) is 2.30. The van der Waals surface area contributed by atoms with Crippen molar-refractivity contribution in [2.45, 2.75) is 25.0 Å². The molecule has 1 aliphatic rings. The minimum Gasteiger partial charge on any atom is -0.479 e. The van der Waals surface area contributed by atoms with Gasteiger partial charge in [0.1, 0.15) is 0 Å². The number of halogens is 1. The SMILES string of the molecule is CC1OCCC1(Nc1cccc(Br)c1)C(=O)O. The molecule has 1 fully saturated rings. The van der Waals surface area contributed by atoms with Crippen LogP contribution in [0.25, 0.3) is 0 Å². The van der Waals surface area contributed by atoms with Gasteiger partial charge in [0.15, 0.2) is 5.54 Å². The van der Waals surface area contributed by atoms with Gasteiger partial charge in [-0.1, -0.05) is 22.0 Å². The second-order valence-electron chi connectivity index (χ2n) is 4.17. The average Bonchev–Trinajstić information content (AvgIpc) is 2.61. The number of nitrogens with one attached hydrogen (secondary N) is 1. The number of aliphatic carboxylic acids is 1. The predicted molar refractivity (Wildman–Crippen MR) is 68.2 cm³/mol. The normalized spacial score (nSPS) is 28.0. The third-order valence-electron chi connectivity index (χ3n) is 3.13. The molecular formula is C12H14BrNO3. The Morgan fingerprint density at radius 1 is 1.65 bits per heavy atom. The lowest BCUT2D eigenvalue weighted by Gasteiger charge is -2.29. The van der Waals surface area contributed by atoms with E-state index in [1.165, 1.54) is 0 Å². The van der Waals surface area contributed by atoms with Crippen molar-refractivity contribution in [3.63, 3.8) is 0 Å². The van der Waals surface area contributed by atoms with Crippen molar-refractivity contribution < 1.29 is 14.6 Å². The van der Waals surface area contributed by atoms with Crippen LogP contribution in [0.5, 0.6) is 0 Å². The maximum Gasteiger partial charge on any atom is 0.332 e. The summed E-state index contributed by atoms with van der Waals surface area (Å²) in [6.45, 7) is 2.25. The quantitative estimate of drug-likeness (QED) is 0.900. The van der Waals surface area contributed by atoms with Crippen LogP contribution >= 0.6 is 15.9 Å². The summed E-state index contributed by atoms with van der Waals surface area (Å²) in [6, 6.07) is 7.46. The van der Waals surface area contributed by atoms with Crippen LogP contribution < -0.4 is 5.32 Å². The molecule has 5 heteroatoms. The monoisotopic (exact) mass is 299 g/mol. The molecule has 0 aromatic heterocycles. The Bertz CT molecular complexity index is 438. The van der Waals surface area contributed by atoms with E-state index < -0.39 is 11.5 Å². The number of rotatable bonds is 3. The number of ether oxygens (including phenoxy) is 1. The summed E-state index contributed by atoms with van der Waals surface area (Å²) in [4.78, 5) is 11.5. The van der Waals surface area contributed by atoms with Crippen molar-refractivity contribution in [3.05, 3.63) is 28.7 Å². The maximum atomic E-state index is 11.5. The van der Waals surface area contributed by atoms with Crippen LogP contribution in [0, 0.1) is 0 Å². The number of hydrogen-bond acceptors (Lipinski definition) is 3. The van der Waals surface area contributed by atoms with Gasteiger partial charge in [-0.2, -0.15) is 0 Å². The van der Waals surface area contributed by atoms with E-state index in [9.17, 15) is 9.90 Å². The molecule has 92 valence electrons. The minimum atomic E-state index is -1.03. The van der Waals surface area contributed by atoms with Crippen LogP contribution in [0.3, 0.4) is 0 Å². The second-order valence-corrected chi connectivity index (χ2v) is 5.09. The van der Waals surface area contributed by atoms with Crippen LogP contribution in [0.2, 0.25) is 0 Å². The molecule has 1 heterocycles. The zero-order valence-electron chi connectivity index (χ0n) is 9.44. The number of anilines is 1. The smallest absolute Gasteiger partial charge is 0.332 e. The fraction of sp³-hybridized carbons (Fsp3) is 0.417. The van der Waals surface area contributed by atoms with E-state index in [1.807, 2.05) is 24.3 Å². The second kappa shape index (κ2) is 4.66. The van der Waals surface area contributed by atoms with Crippen LogP contribution in [-0.4, -0.2) is 29.3 Å². The topological polar surface area (TPSA) is 58.6 Å².